The fraction of sp³-hybridized carbons (Fsp3) is 0.364. The molecule has 1 atom stereocenters. The Morgan fingerprint density at radius 3 is 2.45 bits per heavy atom. The highest BCUT2D eigenvalue weighted by Crippen LogP contribution is 2.27. The molecule has 168 valence electrons. The number of nitrogens with one attached hydrogen (secondary N) is 2. The summed E-state index contributed by atoms with van der Waals surface area (Å²) in [5.74, 6) is 1.35. The molecule has 2 aromatic rings. The molecule has 0 radical (unpaired) electrons. The zero-order chi connectivity index (χ0) is 22.8. The number of amides is 2. The summed E-state index contributed by atoms with van der Waals surface area (Å²) < 4.78 is 10.5. The average molecular weight is 485 g/mol. The molecule has 0 heterocycles. The van der Waals surface area contributed by atoms with E-state index in [0.29, 0.717) is 35.9 Å². The van der Waals surface area contributed by atoms with E-state index in [4.69, 9.17) is 32.7 Å². The average Bonchev–Trinajstić information content (AvgIpc) is 2.76. The van der Waals surface area contributed by atoms with Crippen LogP contribution in [-0.2, 0) is 11.2 Å². The molecule has 0 spiro atoms. The van der Waals surface area contributed by atoms with E-state index < -0.39 is 11.9 Å². The molecule has 9 heteroatoms. The molecule has 2 aromatic carbocycles. The maximum Gasteiger partial charge on any atom is 0.253 e. The Labute approximate surface area is 197 Å². The third-order valence-corrected chi connectivity index (χ3v) is 5.76. The molecule has 0 saturated heterocycles. The quantitative estimate of drug-likeness (QED) is 0.499. The first-order valence-electron chi connectivity index (χ1n) is 9.63. The summed E-state index contributed by atoms with van der Waals surface area (Å²) in [5, 5.41) is 6.36. The standard InChI is InChI=1S/C22H26Cl2N2O4S/c1-29-19-7-4-14(12-20(19)30-2)8-10-25-22(28)18(9-11-31-3)26-21(27)16-6-5-15(23)13-17(16)24/h4-7,12-13,18H,8-11H2,1-3H3,(H,25,28)(H,26,27). The minimum absolute atomic E-state index is 0.238. The van der Waals surface area contributed by atoms with Gasteiger partial charge in [0.15, 0.2) is 11.5 Å². The number of ether oxygens (including phenoxy) is 2. The molecule has 2 amide bonds. The molecule has 0 fully saturated rings. The number of carbonyl (C=O) groups excluding carboxylic acids is 2. The molecule has 0 saturated carbocycles. The van der Waals surface area contributed by atoms with Gasteiger partial charge in [-0.15, -0.1) is 0 Å². The highest BCUT2D eigenvalue weighted by Gasteiger charge is 2.22. The first-order valence-corrected chi connectivity index (χ1v) is 11.8. The smallest absolute Gasteiger partial charge is 0.253 e. The number of hydrogen-bond acceptors (Lipinski definition) is 5. The lowest BCUT2D eigenvalue weighted by atomic mass is 10.1. The second-order valence-corrected chi connectivity index (χ2v) is 8.49. The van der Waals surface area contributed by atoms with Gasteiger partial charge in [0.25, 0.3) is 5.91 Å². The molecule has 2 N–H and O–H groups in total. The molecule has 0 aromatic heterocycles. The fourth-order valence-electron chi connectivity index (χ4n) is 2.90. The number of hydrogen-bond donors (Lipinski definition) is 2. The summed E-state index contributed by atoms with van der Waals surface area (Å²) in [6.07, 6.45) is 3.06. The van der Waals surface area contributed by atoms with Gasteiger partial charge >= 0.3 is 0 Å². The van der Waals surface area contributed by atoms with E-state index in [1.165, 1.54) is 6.07 Å². The Bertz CT molecular complexity index is 911. The molecule has 0 aliphatic rings. The number of carbonyl (C=O) groups is 2. The highest BCUT2D eigenvalue weighted by atomic mass is 35.5. The van der Waals surface area contributed by atoms with E-state index in [2.05, 4.69) is 10.6 Å². The topological polar surface area (TPSA) is 76.7 Å². The van der Waals surface area contributed by atoms with Crippen molar-refractivity contribution >= 4 is 46.8 Å². The van der Waals surface area contributed by atoms with Gasteiger partial charge in [-0.25, -0.2) is 0 Å². The maximum absolute atomic E-state index is 12.7. The van der Waals surface area contributed by atoms with Crippen LogP contribution < -0.4 is 20.1 Å². The van der Waals surface area contributed by atoms with E-state index in [1.54, 1.807) is 38.1 Å². The predicted octanol–water partition coefficient (Wildman–Crippen LogP) is 4.22. The van der Waals surface area contributed by atoms with Crippen molar-refractivity contribution in [2.24, 2.45) is 0 Å². The lowest BCUT2D eigenvalue weighted by Gasteiger charge is -2.19. The summed E-state index contributed by atoms with van der Waals surface area (Å²) in [6, 6.07) is 9.58. The van der Waals surface area contributed by atoms with Gasteiger partial charge in [0.1, 0.15) is 6.04 Å². The third-order valence-electron chi connectivity index (χ3n) is 4.57. The molecule has 2 rings (SSSR count). The second-order valence-electron chi connectivity index (χ2n) is 6.66. The van der Waals surface area contributed by atoms with E-state index in [-0.39, 0.29) is 16.5 Å². The zero-order valence-electron chi connectivity index (χ0n) is 17.7. The number of rotatable bonds is 11. The van der Waals surface area contributed by atoms with Crippen LogP contribution in [0.4, 0.5) is 0 Å². The van der Waals surface area contributed by atoms with Crippen LogP contribution in [0.2, 0.25) is 10.0 Å². The Hall–Kier alpha value is -2.09. The summed E-state index contributed by atoms with van der Waals surface area (Å²) in [6.45, 7) is 0.418. The first kappa shape index (κ1) is 25.2. The third kappa shape index (κ3) is 7.52. The minimum Gasteiger partial charge on any atom is -0.493 e. The largest absolute Gasteiger partial charge is 0.493 e. The summed E-state index contributed by atoms with van der Waals surface area (Å²) in [5.41, 5.74) is 1.27. The van der Waals surface area contributed by atoms with Crippen LogP contribution in [0.15, 0.2) is 36.4 Å². The van der Waals surface area contributed by atoms with Crippen molar-refractivity contribution in [3.63, 3.8) is 0 Å². The van der Waals surface area contributed by atoms with Crippen LogP contribution in [0.3, 0.4) is 0 Å². The second kappa shape index (κ2) is 12.7. The SMILES string of the molecule is COc1ccc(CCNC(=O)C(CCSC)NC(=O)c2ccc(Cl)cc2Cl)cc1OC. The normalized spacial score (nSPS) is 11.5. The molecule has 0 aliphatic heterocycles. The van der Waals surface area contributed by atoms with E-state index >= 15 is 0 Å². The van der Waals surface area contributed by atoms with Crippen molar-refractivity contribution in [3.05, 3.63) is 57.6 Å². The van der Waals surface area contributed by atoms with Gasteiger partial charge in [0.2, 0.25) is 5.91 Å². The highest BCUT2D eigenvalue weighted by molar-refractivity contribution is 7.98. The zero-order valence-corrected chi connectivity index (χ0v) is 20.0. The lowest BCUT2D eigenvalue weighted by molar-refractivity contribution is -0.122. The monoisotopic (exact) mass is 484 g/mol. The van der Waals surface area contributed by atoms with Gasteiger partial charge in [-0.1, -0.05) is 29.3 Å². The molecule has 1 unspecified atom stereocenters. The van der Waals surface area contributed by atoms with E-state index in [9.17, 15) is 9.59 Å². The molecule has 0 aliphatic carbocycles. The minimum atomic E-state index is -0.669. The summed E-state index contributed by atoms with van der Waals surface area (Å²) in [7, 11) is 3.16. The molecule has 0 bridgehead atoms. The number of thioether (sulfide) groups is 1. The summed E-state index contributed by atoms with van der Waals surface area (Å²) >= 11 is 13.6. The van der Waals surface area contributed by atoms with Crippen molar-refractivity contribution < 1.29 is 19.1 Å². The number of halogens is 2. The summed E-state index contributed by atoms with van der Waals surface area (Å²) in [4.78, 5) is 25.4. The van der Waals surface area contributed by atoms with Crippen molar-refractivity contribution in [1.82, 2.24) is 10.6 Å². The van der Waals surface area contributed by atoms with Crippen LogP contribution in [-0.4, -0.2) is 50.6 Å². The Morgan fingerprint density at radius 2 is 1.81 bits per heavy atom. The van der Waals surface area contributed by atoms with Crippen molar-refractivity contribution in [1.29, 1.82) is 0 Å². The molecular weight excluding hydrogens is 459 g/mol. The Morgan fingerprint density at radius 1 is 1.06 bits per heavy atom. The van der Waals surface area contributed by atoms with E-state index in [0.717, 1.165) is 11.3 Å². The maximum atomic E-state index is 12.7. The Kier molecular flexibility index (Phi) is 10.3. The Balaban J connectivity index is 1.98. The van der Waals surface area contributed by atoms with Crippen molar-refractivity contribution in [2.45, 2.75) is 18.9 Å². The van der Waals surface area contributed by atoms with Gasteiger partial charge in [0, 0.05) is 11.6 Å². The molecule has 6 nitrogen and oxygen atoms in total. The molecule has 31 heavy (non-hydrogen) atoms. The van der Waals surface area contributed by atoms with E-state index in [1.807, 2.05) is 24.5 Å². The molecular formula is C22H26Cl2N2O4S. The first-order chi connectivity index (χ1) is 14.9. The number of benzene rings is 2. The van der Waals surface area contributed by atoms with Crippen molar-refractivity contribution in [3.8, 4) is 11.5 Å². The van der Waals surface area contributed by atoms with Crippen LogP contribution in [0.1, 0.15) is 22.3 Å². The number of methoxy groups -OCH3 is 2. The van der Waals surface area contributed by atoms with Gasteiger partial charge in [0.05, 0.1) is 24.8 Å². The van der Waals surface area contributed by atoms with Crippen LogP contribution in [0.25, 0.3) is 0 Å². The van der Waals surface area contributed by atoms with Gasteiger partial charge < -0.3 is 20.1 Å². The fourth-order valence-corrected chi connectivity index (χ4v) is 3.87. The van der Waals surface area contributed by atoms with Gasteiger partial charge in [-0.2, -0.15) is 11.8 Å². The van der Waals surface area contributed by atoms with Gasteiger partial charge in [-0.3, -0.25) is 9.59 Å². The van der Waals surface area contributed by atoms with Crippen molar-refractivity contribution in [2.75, 3.05) is 32.8 Å². The van der Waals surface area contributed by atoms with Crippen LogP contribution in [0.5, 0.6) is 11.5 Å². The van der Waals surface area contributed by atoms with Gasteiger partial charge in [-0.05, 0) is 60.7 Å². The van der Waals surface area contributed by atoms with Crippen LogP contribution >= 0.6 is 35.0 Å². The van der Waals surface area contributed by atoms with Crippen LogP contribution in [0, 0.1) is 0 Å². The lowest BCUT2D eigenvalue weighted by Crippen LogP contribution is -2.47. The predicted molar refractivity (Wildman–Crippen MR) is 127 cm³/mol.